The molecule has 0 unspecified atom stereocenters. The monoisotopic (exact) mass is 318 g/mol. The molecule has 0 spiro atoms. The first-order valence-electron chi connectivity index (χ1n) is 6.51. The lowest BCUT2D eigenvalue weighted by Gasteiger charge is -2.21. The third-order valence-corrected chi connectivity index (χ3v) is 4.86. The molecule has 0 atom stereocenters. The topological polar surface area (TPSA) is 49.4 Å². The fraction of sp³-hybridized carbons (Fsp3) is 0.429. The Bertz CT molecular complexity index is 630. The molecule has 118 valence electrons. The minimum Gasteiger partial charge on any atom is -0.315 e. The lowest BCUT2D eigenvalue weighted by molar-refractivity contribution is 0.444. The van der Waals surface area contributed by atoms with E-state index >= 15 is 0 Å². The van der Waals surface area contributed by atoms with Crippen molar-refractivity contribution in [1.82, 2.24) is 9.62 Å². The molecule has 0 bridgehead atoms. The zero-order chi connectivity index (χ0) is 16.2. The van der Waals surface area contributed by atoms with Gasteiger partial charge in [-0.05, 0) is 26.1 Å². The Hall–Kier alpha value is -1.31. The highest BCUT2D eigenvalue weighted by atomic mass is 32.2. The van der Waals surface area contributed by atoms with Crippen LogP contribution in [-0.2, 0) is 16.6 Å². The van der Waals surface area contributed by atoms with Crippen LogP contribution in [0.2, 0.25) is 0 Å². The first-order valence-corrected chi connectivity index (χ1v) is 7.95. The summed E-state index contributed by atoms with van der Waals surface area (Å²) >= 11 is 0. The van der Waals surface area contributed by atoms with Crippen molar-refractivity contribution in [2.75, 3.05) is 20.1 Å². The number of halogens is 2. The molecule has 4 nitrogen and oxygen atoms in total. The number of nitrogens with zero attached hydrogens (tertiary/aromatic N) is 1. The van der Waals surface area contributed by atoms with Crippen LogP contribution >= 0.6 is 0 Å². The van der Waals surface area contributed by atoms with Gasteiger partial charge in [0, 0.05) is 25.2 Å². The third-order valence-electron chi connectivity index (χ3n) is 2.92. The van der Waals surface area contributed by atoms with E-state index in [1.54, 1.807) is 13.8 Å². The third kappa shape index (κ3) is 3.87. The molecule has 1 aromatic rings. The van der Waals surface area contributed by atoms with Gasteiger partial charge >= 0.3 is 0 Å². The van der Waals surface area contributed by atoms with Crippen LogP contribution in [0.4, 0.5) is 8.78 Å². The Balaban J connectivity index is 3.37. The van der Waals surface area contributed by atoms with Crippen LogP contribution in [0.25, 0.3) is 0 Å². The Morgan fingerprint density at radius 3 is 2.48 bits per heavy atom. The number of likely N-dealkylation sites (N-methyl/N-ethyl adjacent to an activating group) is 1. The number of rotatable bonds is 7. The Kier molecular flexibility index (Phi) is 6.00. The highest BCUT2D eigenvalue weighted by Gasteiger charge is 2.28. The molecule has 0 amide bonds. The van der Waals surface area contributed by atoms with Crippen LogP contribution in [0.1, 0.15) is 19.4 Å². The van der Waals surface area contributed by atoms with Gasteiger partial charge in [0.1, 0.15) is 10.7 Å². The van der Waals surface area contributed by atoms with Gasteiger partial charge in [0.05, 0.1) is 0 Å². The van der Waals surface area contributed by atoms with Gasteiger partial charge in [0.15, 0.2) is 5.82 Å². The fourth-order valence-corrected chi connectivity index (χ4v) is 3.52. The molecule has 0 aliphatic heterocycles. The largest absolute Gasteiger partial charge is 0.315 e. The van der Waals surface area contributed by atoms with Gasteiger partial charge in [0.25, 0.3) is 0 Å². The average Bonchev–Trinajstić information content (AvgIpc) is 2.40. The summed E-state index contributed by atoms with van der Waals surface area (Å²) in [5.41, 5.74) is 0.350. The second-order valence-corrected chi connectivity index (χ2v) is 6.66. The summed E-state index contributed by atoms with van der Waals surface area (Å²) in [5, 5.41) is 2.62. The van der Waals surface area contributed by atoms with E-state index < -0.39 is 26.6 Å². The van der Waals surface area contributed by atoms with E-state index in [2.05, 4.69) is 11.9 Å². The zero-order valence-electron chi connectivity index (χ0n) is 12.4. The van der Waals surface area contributed by atoms with Gasteiger partial charge in [-0.3, -0.25) is 0 Å². The van der Waals surface area contributed by atoms with Crippen LogP contribution in [0.5, 0.6) is 0 Å². The van der Waals surface area contributed by atoms with Crippen molar-refractivity contribution in [3.8, 4) is 0 Å². The molecule has 0 heterocycles. The van der Waals surface area contributed by atoms with E-state index in [4.69, 9.17) is 0 Å². The quantitative estimate of drug-likeness (QED) is 0.785. The summed E-state index contributed by atoms with van der Waals surface area (Å²) in [6.07, 6.45) is 0. The van der Waals surface area contributed by atoms with Crippen LogP contribution in [0.3, 0.4) is 0 Å². The van der Waals surface area contributed by atoms with Crippen LogP contribution in [-0.4, -0.2) is 32.9 Å². The molecular weight excluding hydrogens is 298 g/mol. The highest BCUT2D eigenvalue weighted by Crippen LogP contribution is 2.24. The van der Waals surface area contributed by atoms with E-state index in [-0.39, 0.29) is 25.2 Å². The summed E-state index contributed by atoms with van der Waals surface area (Å²) in [6.45, 7) is 7.18. The van der Waals surface area contributed by atoms with E-state index in [0.717, 1.165) is 16.4 Å². The van der Waals surface area contributed by atoms with Crippen molar-refractivity contribution in [2.45, 2.75) is 25.3 Å². The molecule has 0 radical (unpaired) electrons. The predicted molar refractivity (Wildman–Crippen MR) is 78.4 cm³/mol. The Morgan fingerprint density at radius 2 is 2.00 bits per heavy atom. The van der Waals surface area contributed by atoms with Crippen LogP contribution in [0.15, 0.2) is 29.2 Å². The highest BCUT2D eigenvalue weighted by molar-refractivity contribution is 7.89. The summed E-state index contributed by atoms with van der Waals surface area (Å²) in [4.78, 5) is -0.516. The van der Waals surface area contributed by atoms with Gasteiger partial charge in [-0.2, -0.15) is 4.31 Å². The molecule has 0 aromatic heterocycles. The van der Waals surface area contributed by atoms with Gasteiger partial charge in [-0.25, -0.2) is 17.2 Å². The molecule has 0 aliphatic rings. The Morgan fingerprint density at radius 1 is 1.38 bits per heavy atom. The van der Waals surface area contributed by atoms with E-state index in [0.29, 0.717) is 5.57 Å². The van der Waals surface area contributed by atoms with E-state index in [1.807, 2.05) is 0 Å². The summed E-state index contributed by atoms with van der Waals surface area (Å²) in [7, 11) is -2.50. The lowest BCUT2D eigenvalue weighted by Crippen LogP contribution is -2.33. The maximum atomic E-state index is 14.3. The van der Waals surface area contributed by atoms with Gasteiger partial charge in [-0.1, -0.05) is 19.1 Å². The zero-order valence-corrected chi connectivity index (χ0v) is 13.2. The van der Waals surface area contributed by atoms with Crippen LogP contribution < -0.4 is 5.32 Å². The predicted octanol–water partition coefficient (Wildman–Crippen LogP) is 2.27. The molecule has 7 heteroatoms. The molecule has 21 heavy (non-hydrogen) atoms. The normalized spacial score (nSPS) is 11.9. The van der Waals surface area contributed by atoms with Gasteiger partial charge in [-0.15, -0.1) is 0 Å². The molecule has 0 saturated carbocycles. The molecule has 0 saturated heterocycles. The number of hydrogen-bond acceptors (Lipinski definition) is 3. The van der Waals surface area contributed by atoms with Crippen molar-refractivity contribution >= 4 is 10.0 Å². The molecular formula is C14H20F2N2O2S. The lowest BCUT2D eigenvalue weighted by atomic mass is 10.2. The first-order chi connectivity index (χ1) is 9.75. The van der Waals surface area contributed by atoms with Crippen molar-refractivity contribution < 1.29 is 17.2 Å². The second-order valence-electron chi connectivity index (χ2n) is 4.76. The van der Waals surface area contributed by atoms with Gasteiger partial charge in [0.2, 0.25) is 10.0 Å². The Labute approximate surface area is 124 Å². The molecule has 1 rings (SSSR count). The number of hydrogen-bond donors (Lipinski definition) is 1. The smallest absolute Gasteiger partial charge is 0.246 e. The van der Waals surface area contributed by atoms with Crippen molar-refractivity contribution in [3.05, 3.63) is 41.5 Å². The average molecular weight is 318 g/mol. The first kappa shape index (κ1) is 17.7. The van der Waals surface area contributed by atoms with Crippen molar-refractivity contribution in [3.63, 3.8) is 0 Å². The summed E-state index contributed by atoms with van der Waals surface area (Å²) in [5.74, 6) is -1.83. The molecule has 1 aromatic carbocycles. The second kappa shape index (κ2) is 7.11. The van der Waals surface area contributed by atoms with Crippen molar-refractivity contribution in [2.24, 2.45) is 0 Å². The van der Waals surface area contributed by atoms with Crippen molar-refractivity contribution in [1.29, 1.82) is 0 Å². The van der Waals surface area contributed by atoms with Crippen LogP contribution in [0, 0.1) is 11.6 Å². The minimum absolute atomic E-state index is 0.0896. The minimum atomic E-state index is -4.03. The molecule has 1 N–H and O–H groups in total. The molecule has 0 fully saturated rings. The standard InChI is InChI=1S/C14H20F2N2O2S/c1-5-18(9-10(2)3)21(19,20)13-7-6-12(15)11(8-17-4)14(13)16/h6-7,17H,2,5,8-9H2,1,3-4H3. The molecule has 0 aliphatic carbocycles. The maximum Gasteiger partial charge on any atom is 0.246 e. The maximum absolute atomic E-state index is 14.3. The number of nitrogens with one attached hydrogen (secondary N) is 1. The SMILES string of the molecule is C=C(C)CN(CC)S(=O)(=O)c1ccc(F)c(CNC)c1F. The van der Waals surface area contributed by atoms with E-state index in [9.17, 15) is 17.2 Å². The fourth-order valence-electron chi connectivity index (χ4n) is 1.92. The summed E-state index contributed by atoms with van der Waals surface area (Å²) in [6, 6.07) is 1.93. The number of sulfonamides is 1. The number of benzene rings is 1. The van der Waals surface area contributed by atoms with E-state index in [1.165, 1.54) is 7.05 Å². The van der Waals surface area contributed by atoms with Gasteiger partial charge < -0.3 is 5.32 Å². The summed E-state index contributed by atoms with van der Waals surface area (Å²) < 4.78 is 54.0.